The number of nitrogens with zero attached hydrogens (tertiary/aromatic N) is 2. The van der Waals surface area contributed by atoms with Gasteiger partial charge < -0.3 is 19.9 Å². The zero-order chi connectivity index (χ0) is 18.2. The van der Waals surface area contributed by atoms with E-state index in [0.717, 1.165) is 19.4 Å². The summed E-state index contributed by atoms with van der Waals surface area (Å²) in [5, 5.41) is 2.77. The molecule has 1 aromatic rings. The lowest BCUT2D eigenvalue weighted by atomic mass is 10.2. The first-order chi connectivity index (χ1) is 12.0. The topological polar surface area (TPSA) is 44.8 Å². The van der Waals surface area contributed by atoms with Gasteiger partial charge in [-0.2, -0.15) is 8.78 Å². The lowest BCUT2D eigenvalue weighted by Gasteiger charge is -2.27. The van der Waals surface area contributed by atoms with Crippen LogP contribution < -0.4 is 5.32 Å². The van der Waals surface area contributed by atoms with Gasteiger partial charge in [-0.05, 0) is 39.1 Å². The fraction of sp³-hybridized carbons (Fsp3) is 0.588. The maximum atomic E-state index is 12.7. The molecule has 8 heteroatoms. The van der Waals surface area contributed by atoms with Crippen LogP contribution in [0, 0.1) is 0 Å². The number of ether oxygens (including phenoxy) is 1. The molecule has 1 atom stereocenters. The largest absolute Gasteiger partial charge is 0.376 e. The van der Waals surface area contributed by atoms with Crippen molar-refractivity contribution in [1.29, 1.82) is 0 Å². The van der Waals surface area contributed by atoms with Crippen LogP contribution in [0.3, 0.4) is 0 Å². The van der Waals surface area contributed by atoms with E-state index in [-0.39, 0.29) is 12.1 Å². The molecule has 0 aromatic heterocycles. The molecule has 1 N–H and O–H groups in total. The van der Waals surface area contributed by atoms with E-state index < -0.39 is 5.76 Å². The molecule has 1 fully saturated rings. The van der Waals surface area contributed by atoms with Crippen LogP contribution in [0.2, 0.25) is 0 Å². The Morgan fingerprint density at radius 1 is 1.36 bits per heavy atom. The van der Waals surface area contributed by atoms with Crippen molar-refractivity contribution in [1.82, 2.24) is 9.80 Å². The van der Waals surface area contributed by atoms with Gasteiger partial charge in [0.05, 0.1) is 11.8 Å². The molecule has 1 unspecified atom stereocenters. The van der Waals surface area contributed by atoms with E-state index in [9.17, 15) is 13.6 Å². The number of para-hydroxylation sites is 1. The summed E-state index contributed by atoms with van der Waals surface area (Å²) in [7, 11) is 3.88. The fourth-order valence-electron chi connectivity index (χ4n) is 2.59. The zero-order valence-corrected chi connectivity index (χ0v) is 15.4. The van der Waals surface area contributed by atoms with Crippen molar-refractivity contribution >= 4 is 23.5 Å². The molecule has 2 amide bonds. The number of amides is 2. The van der Waals surface area contributed by atoms with Crippen LogP contribution >= 0.6 is 11.8 Å². The van der Waals surface area contributed by atoms with Crippen molar-refractivity contribution in [3.05, 3.63) is 24.3 Å². The van der Waals surface area contributed by atoms with Gasteiger partial charge in [0.2, 0.25) is 0 Å². The number of halogens is 2. The van der Waals surface area contributed by atoms with Gasteiger partial charge in [0.25, 0.3) is 5.76 Å². The quantitative estimate of drug-likeness (QED) is 0.708. The number of thioether (sulfide) groups is 1. The minimum Gasteiger partial charge on any atom is -0.376 e. The second-order valence-electron chi connectivity index (χ2n) is 6.19. The Kier molecular flexibility index (Phi) is 7.92. The van der Waals surface area contributed by atoms with E-state index in [2.05, 4.69) is 5.32 Å². The normalized spacial score (nSPS) is 17.3. The summed E-state index contributed by atoms with van der Waals surface area (Å²) in [6.45, 7) is 2.49. The third-order valence-corrected chi connectivity index (χ3v) is 4.69. The monoisotopic (exact) mass is 373 g/mol. The minimum absolute atomic E-state index is 0.0404. The fourth-order valence-corrected chi connectivity index (χ4v) is 3.19. The molecular formula is C17H25F2N3O2S. The van der Waals surface area contributed by atoms with Crippen LogP contribution in [0.15, 0.2) is 29.2 Å². The highest BCUT2D eigenvalue weighted by atomic mass is 32.2. The van der Waals surface area contributed by atoms with E-state index in [0.29, 0.717) is 42.0 Å². The second kappa shape index (κ2) is 9.94. The lowest BCUT2D eigenvalue weighted by molar-refractivity contribution is 0.0820. The van der Waals surface area contributed by atoms with E-state index in [1.807, 2.05) is 19.0 Å². The molecule has 1 heterocycles. The third-order valence-electron chi connectivity index (χ3n) is 3.90. The van der Waals surface area contributed by atoms with Crippen LogP contribution in [-0.4, -0.2) is 68.0 Å². The number of hydrogen-bond acceptors (Lipinski definition) is 4. The van der Waals surface area contributed by atoms with Crippen molar-refractivity contribution in [2.45, 2.75) is 29.6 Å². The molecule has 140 valence electrons. The molecule has 0 bridgehead atoms. The molecule has 0 aliphatic carbocycles. The maximum absolute atomic E-state index is 12.7. The summed E-state index contributed by atoms with van der Waals surface area (Å²) in [5.74, 6) is -2.53. The number of urea groups is 1. The number of anilines is 1. The number of rotatable bonds is 8. The van der Waals surface area contributed by atoms with Gasteiger partial charge >= 0.3 is 6.03 Å². The molecule has 25 heavy (non-hydrogen) atoms. The Bertz CT molecular complexity index is 554. The van der Waals surface area contributed by atoms with E-state index >= 15 is 0 Å². The Labute approximate surface area is 151 Å². The number of nitrogens with one attached hydrogen (secondary N) is 1. The van der Waals surface area contributed by atoms with Gasteiger partial charge in [-0.25, -0.2) is 4.79 Å². The van der Waals surface area contributed by atoms with Crippen LogP contribution in [0.1, 0.15) is 12.8 Å². The second-order valence-corrected chi connectivity index (χ2v) is 7.22. The van der Waals surface area contributed by atoms with Crippen LogP contribution in [0.5, 0.6) is 0 Å². The average molecular weight is 373 g/mol. The molecule has 1 aliphatic rings. The molecule has 1 aliphatic heterocycles. The summed E-state index contributed by atoms with van der Waals surface area (Å²) in [6, 6.07) is 6.32. The summed E-state index contributed by atoms with van der Waals surface area (Å²) in [6.07, 6.45) is 1.98. The first-order valence-electron chi connectivity index (χ1n) is 8.32. The molecular weight excluding hydrogens is 348 g/mol. The highest BCUT2D eigenvalue weighted by Crippen LogP contribution is 2.31. The lowest BCUT2D eigenvalue weighted by Crippen LogP contribution is -2.43. The van der Waals surface area contributed by atoms with Gasteiger partial charge in [0.1, 0.15) is 0 Å². The average Bonchev–Trinajstić information content (AvgIpc) is 3.05. The molecule has 0 radical (unpaired) electrons. The van der Waals surface area contributed by atoms with E-state index in [1.165, 1.54) is 0 Å². The van der Waals surface area contributed by atoms with Crippen molar-refractivity contribution in [2.24, 2.45) is 0 Å². The minimum atomic E-state index is -2.53. The molecule has 1 aromatic carbocycles. The van der Waals surface area contributed by atoms with Gasteiger partial charge in [-0.3, -0.25) is 0 Å². The van der Waals surface area contributed by atoms with Crippen molar-refractivity contribution < 1.29 is 18.3 Å². The van der Waals surface area contributed by atoms with Crippen LogP contribution in [0.4, 0.5) is 19.3 Å². The predicted molar refractivity (Wildman–Crippen MR) is 96.4 cm³/mol. The first kappa shape index (κ1) is 19.9. The SMILES string of the molecule is CN(C)CCN(CC1CCCO1)C(=O)Nc1ccccc1SC(F)F. The van der Waals surface area contributed by atoms with Crippen LogP contribution in [-0.2, 0) is 4.74 Å². The Hall–Kier alpha value is -1.38. The summed E-state index contributed by atoms with van der Waals surface area (Å²) in [5.41, 5.74) is 0.403. The third kappa shape index (κ3) is 6.80. The van der Waals surface area contributed by atoms with Crippen molar-refractivity contribution in [3.8, 4) is 0 Å². The van der Waals surface area contributed by atoms with Gasteiger partial charge in [0, 0.05) is 31.1 Å². The van der Waals surface area contributed by atoms with E-state index in [1.54, 1.807) is 29.2 Å². The van der Waals surface area contributed by atoms with E-state index in [4.69, 9.17) is 4.74 Å². The van der Waals surface area contributed by atoms with Gasteiger partial charge in [-0.15, -0.1) is 0 Å². The molecule has 0 saturated carbocycles. The smallest absolute Gasteiger partial charge is 0.322 e. The number of likely N-dealkylation sites (N-methyl/N-ethyl adjacent to an activating group) is 1. The Balaban J connectivity index is 2.04. The molecule has 0 spiro atoms. The summed E-state index contributed by atoms with van der Waals surface area (Å²) < 4.78 is 31.0. The van der Waals surface area contributed by atoms with Crippen molar-refractivity contribution in [3.63, 3.8) is 0 Å². The predicted octanol–water partition coefficient (Wildman–Crippen LogP) is 3.58. The maximum Gasteiger partial charge on any atom is 0.322 e. The zero-order valence-electron chi connectivity index (χ0n) is 14.6. The number of carbonyl (C=O) groups excluding carboxylic acids is 1. The number of hydrogen-bond donors (Lipinski definition) is 1. The first-order valence-corrected chi connectivity index (χ1v) is 9.19. The summed E-state index contributed by atoms with van der Waals surface area (Å²) in [4.78, 5) is 16.7. The number of benzene rings is 1. The Morgan fingerprint density at radius 2 is 2.12 bits per heavy atom. The summed E-state index contributed by atoms with van der Waals surface area (Å²) >= 11 is 0.430. The van der Waals surface area contributed by atoms with Gasteiger partial charge in [0.15, 0.2) is 0 Å². The Morgan fingerprint density at radius 3 is 2.76 bits per heavy atom. The highest BCUT2D eigenvalue weighted by molar-refractivity contribution is 7.99. The standard InChI is InChI=1S/C17H25F2N3O2S/c1-21(2)9-10-22(12-13-6-5-11-24-13)17(23)20-14-7-3-4-8-15(14)25-16(18)19/h3-4,7-8,13,16H,5-6,9-12H2,1-2H3,(H,20,23). The molecule has 1 saturated heterocycles. The van der Waals surface area contributed by atoms with Crippen LogP contribution in [0.25, 0.3) is 0 Å². The van der Waals surface area contributed by atoms with Gasteiger partial charge in [-0.1, -0.05) is 23.9 Å². The molecule has 2 rings (SSSR count). The highest BCUT2D eigenvalue weighted by Gasteiger charge is 2.23. The number of alkyl halides is 2. The number of carbonyl (C=O) groups is 1. The van der Waals surface area contributed by atoms with Crippen molar-refractivity contribution in [2.75, 3.05) is 45.7 Å². The molecule has 5 nitrogen and oxygen atoms in total.